The van der Waals surface area contributed by atoms with Crippen LogP contribution in [0.25, 0.3) is 11.1 Å². The van der Waals surface area contributed by atoms with Crippen molar-refractivity contribution in [3.8, 4) is 16.9 Å². The Labute approximate surface area is 166 Å². The molecule has 0 aromatic heterocycles. The number of benzene rings is 2. The number of hydrogen-bond donors (Lipinski definition) is 0. The van der Waals surface area contributed by atoms with Crippen LogP contribution in [0, 0.1) is 0 Å². The summed E-state index contributed by atoms with van der Waals surface area (Å²) in [5.74, 6) is 0.222. The topological polar surface area (TPSA) is 9.23 Å². The van der Waals surface area contributed by atoms with Gasteiger partial charge >= 0.3 is 58.4 Å². The maximum Gasteiger partial charge on any atom is 1.00 e. The van der Waals surface area contributed by atoms with Gasteiger partial charge in [-0.15, -0.1) is 0 Å². The van der Waals surface area contributed by atoms with E-state index in [1.807, 2.05) is 24.3 Å². The van der Waals surface area contributed by atoms with Crippen molar-refractivity contribution < 1.29 is 69.1 Å². The predicted molar refractivity (Wildman–Crippen MR) is 74.2 cm³/mol. The zero-order chi connectivity index (χ0) is 13.9. The molecule has 20 heavy (non-hydrogen) atoms. The van der Waals surface area contributed by atoms with Gasteiger partial charge in [0.1, 0.15) is 5.75 Å². The molecule has 0 radical (unpaired) electrons. The van der Waals surface area contributed by atoms with Gasteiger partial charge in [-0.3, -0.25) is 0 Å². The quantitative estimate of drug-likeness (QED) is 0.749. The Morgan fingerprint density at radius 3 is 1.75 bits per heavy atom. The second-order valence-corrected chi connectivity index (χ2v) is 4.97. The summed E-state index contributed by atoms with van der Waals surface area (Å²) >= 11 is 3.34. The molecule has 0 saturated carbocycles. The summed E-state index contributed by atoms with van der Waals surface area (Å²) in [6.45, 7) is -6.13. The van der Waals surface area contributed by atoms with Crippen molar-refractivity contribution in [2.45, 2.75) is 0 Å². The molecule has 7 heteroatoms. The van der Waals surface area contributed by atoms with E-state index < -0.39 is 13.5 Å². The van der Waals surface area contributed by atoms with Crippen molar-refractivity contribution in [3.05, 3.63) is 53.0 Å². The third-order valence-corrected chi connectivity index (χ3v) is 3.00. The van der Waals surface area contributed by atoms with Crippen molar-refractivity contribution in [2.75, 3.05) is 6.51 Å². The molecule has 0 fully saturated rings. The standard InChI is InChI=1S/C13H10BBrF3O.K/c15-12-5-1-10(2-6-12)11-3-7-13(8-4-11)19-9-14(16,17)18;/h1-8H,9H2;/q-1;+1. The van der Waals surface area contributed by atoms with Crippen LogP contribution >= 0.6 is 15.9 Å². The number of ether oxygens (including phenoxy) is 1. The van der Waals surface area contributed by atoms with Gasteiger partial charge in [0, 0.05) is 4.47 Å². The Balaban J connectivity index is 0.00000200. The predicted octanol–water partition coefficient (Wildman–Crippen LogP) is 1.89. The van der Waals surface area contributed by atoms with Gasteiger partial charge in [0.25, 0.3) is 0 Å². The molecule has 0 amide bonds. The average Bonchev–Trinajstić information content (AvgIpc) is 2.37. The summed E-state index contributed by atoms with van der Waals surface area (Å²) < 4.78 is 41.8. The van der Waals surface area contributed by atoms with E-state index in [2.05, 4.69) is 20.7 Å². The second kappa shape index (κ2) is 8.01. The van der Waals surface area contributed by atoms with Gasteiger partial charge < -0.3 is 17.7 Å². The summed E-state index contributed by atoms with van der Waals surface area (Å²) in [5, 5.41) is 0. The molecule has 100 valence electrons. The Morgan fingerprint density at radius 1 is 0.850 bits per heavy atom. The van der Waals surface area contributed by atoms with Crippen molar-refractivity contribution in [2.24, 2.45) is 0 Å². The van der Waals surface area contributed by atoms with Crippen LogP contribution in [0.4, 0.5) is 12.9 Å². The van der Waals surface area contributed by atoms with Crippen LogP contribution in [0.3, 0.4) is 0 Å². The Morgan fingerprint density at radius 2 is 1.30 bits per heavy atom. The normalized spacial score (nSPS) is 10.8. The van der Waals surface area contributed by atoms with Gasteiger partial charge in [-0.2, -0.15) is 0 Å². The van der Waals surface area contributed by atoms with Crippen molar-refractivity contribution in [3.63, 3.8) is 0 Å². The summed E-state index contributed by atoms with van der Waals surface area (Å²) in [7, 11) is 0. The smallest absolute Gasteiger partial charge is 0.522 e. The van der Waals surface area contributed by atoms with Crippen LogP contribution < -0.4 is 56.1 Å². The molecule has 0 N–H and O–H groups in total. The summed E-state index contributed by atoms with van der Waals surface area (Å²) in [5.41, 5.74) is 1.92. The van der Waals surface area contributed by atoms with E-state index in [0.29, 0.717) is 0 Å². The molecule has 2 rings (SSSR count). The summed E-state index contributed by atoms with van der Waals surface area (Å²) in [4.78, 5) is 0. The molecule has 0 aliphatic rings. The number of hydrogen-bond acceptors (Lipinski definition) is 1. The first kappa shape index (κ1) is 18.3. The van der Waals surface area contributed by atoms with Gasteiger partial charge in [0.05, 0.1) is 6.51 Å². The van der Waals surface area contributed by atoms with E-state index in [4.69, 9.17) is 0 Å². The fourth-order valence-electron chi connectivity index (χ4n) is 1.58. The van der Waals surface area contributed by atoms with E-state index in [0.717, 1.165) is 15.6 Å². The second-order valence-electron chi connectivity index (χ2n) is 4.05. The first-order valence-electron chi connectivity index (χ1n) is 5.64. The van der Waals surface area contributed by atoms with Crippen LogP contribution in [0.15, 0.2) is 53.0 Å². The van der Waals surface area contributed by atoms with E-state index >= 15 is 0 Å². The van der Waals surface area contributed by atoms with Crippen LogP contribution in [0.2, 0.25) is 0 Å². The average molecular weight is 369 g/mol. The molecular formula is C13H10BBrF3KO. The molecule has 0 aliphatic heterocycles. The first-order chi connectivity index (χ1) is 8.94. The van der Waals surface area contributed by atoms with Crippen LogP contribution in [-0.4, -0.2) is 13.5 Å². The van der Waals surface area contributed by atoms with Gasteiger partial charge in [-0.05, 0) is 35.4 Å². The van der Waals surface area contributed by atoms with Crippen molar-refractivity contribution in [1.29, 1.82) is 0 Å². The minimum absolute atomic E-state index is 0. The van der Waals surface area contributed by atoms with Crippen molar-refractivity contribution >= 4 is 22.9 Å². The SMILES string of the molecule is F[B-](F)(F)COc1ccc(-c2ccc(Br)cc2)cc1.[K+]. The zero-order valence-electron chi connectivity index (χ0n) is 10.8. The number of rotatable bonds is 4. The minimum Gasteiger partial charge on any atom is -0.522 e. The Bertz CT molecular complexity index is 543. The molecule has 0 atom stereocenters. The molecule has 0 unspecified atom stereocenters. The Kier molecular flexibility index (Phi) is 7.31. The zero-order valence-corrected chi connectivity index (χ0v) is 15.5. The first-order valence-corrected chi connectivity index (χ1v) is 6.43. The van der Waals surface area contributed by atoms with E-state index in [1.165, 1.54) is 0 Å². The molecule has 1 nitrogen and oxygen atoms in total. The van der Waals surface area contributed by atoms with Gasteiger partial charge in [0.15, 0.2) is 0 Å². The third-order valence-electron chi connectivity index (χ3n) is 2.47. The summed E-state index contributed by atoms with van der Waals surface area (Å²) in [6, 6.07) is 14.2. The van der Waals surface area contributed by atoms with Crippen LogP contribution in [0.5, 0.6) is 5.75 Å². The monoisotopic (exact) mass is 368 g/mol. The fraction of sp³-hybridized carbons (Fsp3) is 0.0769. The Hall–Kier alpha value is 0.211. The molecule has 0 heterocycles. The largest absolute Gasteiger partial charge is 1.00 e. The molecular weight excluding hydrogens is 359 g/mol. The summed E-state index contributed by atoms with van der Waals surface area (Å²) in [6.07, 6.45) is 0. The molecule has 2 aromatic carbocycles. The number of halogens is 4. The van der Waals surface area contributed by atoms with Crippen LogP contribution in [0.1, 0.15) is 0 Å². The third kappa shape index (κ3) is 5.91. The molecule has 0 saturated heterocycles. The van der Waals surface area contributed by atoms with Gasteiger partial charge in [0.2, 0.25) is 0 Å². The van der Waals surface area contributed by atoms with Gasteiger partial charge in [-0.25, -0.2) is 0 Å². The van der Waals surface area contributed by atoms with Crippen LogP contribution in [-0.2, 0) is 0 Å². The van der Waals surface area contributed by atoms with E-state index in [1.54, 1.807) is 24.3 Å². The molecule has 2 aromatic rings. The fourth-order valence-corrected chi connectivity index (χ4v) is 1.84. The van der Waals surface area contributed by atoms with Gasteiger partial charge in [-0.1, -0.05) is 40.2 Å². The van der Waals surface area contributed by atoms with Crippen molar-refractivity contribution in [1.82, 2.24) is 0 Å². The van der Waals surface area contributed by atoms with E-state index in [9.17, 15) is 12.9 Å². The minimum atomic E-state index is -4.92. The van der Waals surface area contributed by atoms with E-state index in [-0.39, 0.29) is 57.1 Å². The molecule has 0 spiro atoms. The maximum atomic E-state index is 12.1. The molecule has 0 aliphatic carbocycles. The maximum absolute atomic E-state index is 12.1. The molecule has 0 bridgehead atoms.